The Morgan fingerprint density at radius 1 is 1.27 bits per heavy atom. The van der Waals surface area contributed by atoms with Crippen LogP contribution in [0.1, 0.15) is 18.2 Å². The number of aryl methyl sites for hydroxylation is 1. The van der Waals surface area contributed by atoms with E-state index in [-0.39, 0.29) is 5.91 Å². The van der Waals surface area contributed by atoms with Crippen molar-refractivity contribution in [1.82, 2.24) is 9.88 Å². The standard InChI is InChI=1S/C18H19N3O3S2/c1-5-21-16(22)15(26-18(21)20-17-19-11(2)10-25-17)9-12-6-7-13(23-3)14(8-12)24-4/h6-10H,5H2,1-4H3/b15-9-,20-18+. The zero-order valence-electron chi connectivity index (χ0n) is 15.0. The normalized spacial score (nSPS) is 17.4. The number of methoxy groups -OCH3 is 2. The molecule has 1 fully saturated rings. The first kappa shape index (κ1) is 18.5. The monoisotopic (exact) mass is 389 g/mol. The third-order valence-corrected chi connectivity index (χ3v) is 5.57. The van der Waals surface area contributed by atoms with Crippen molar-refractivity contribution in [2.45, 2.75) is 13.8 Å². The van der Waals surface area contributed by atoms with E-state index in [0.29, 0.717) is 33.2 Å². The van der Waals surface area contributed by atoms with Crippen molar-refractivity contribution < 1.29 is 14.3 Å². The lowest BCUT2D eigenvalue weighted by molar-refractivity contribution is -0.122. The van der Waals surface area contributed by atoms with Gasteiger partial charge in [-0.25, -0.2) is 4.98 Å². The zero-order valence-corrected chi connectivity index (χ0v) is 16.6. The Hall–Kier alpha value is -2.32. The number of aliphatic imine (C=N–C) groups is 1. The molecule has 136 valence electrons. The number of carbonyl (C=O) groups is 1. The first-order chi connectivity index (χ1) is 12.5. The molecule has 0 radical (unpaired) electrons. The summed E-state index contributed by atoms with van der Waals surface area (Å²) in [6, 6.07) is 5.55. The van der Waals surface area contributed by atoms with Crippen molar-refractivity contribution in [2.24, 2.45) is 4.99 Å². The Balaban J connectivity index is 1.92. The summed E-state index contributed by atoms with van der Waals surface area (Å²) >= 11 is 2.82. The van der Waals surface area contributed by atoms with E-state index in [1.807, 2.05) is 43.5 Å². The van der Waals surface area contributed by atoms with Gasteiger partial charge < -0.3 is 9.47 Å². The van der Waals surface area contributed by atoms with Gasteiger partial charge in [-0.2, -0.15) is 4.99 Å². The second-order valence-corrected chi connectivity index (χ2v) is 7.29. The van der Waals surface area contributed by atoms with Crippen molar-refractivity contribution in [3.8, 4) is 11.5 Å². The number of ether oxygens (including phenoxy) is 2. The van der Waals surface area contributed by atoms with Crippen LogP contribution in [0.5, 0.6) is 11.5 Å². The lowest BCUT2D eigenvalue weighted by Gasteiger charge is -2.11. The van der Waals surface area contributed by atoms with Gasteiger partial charge in [0.2, 0.25) is 5.13 Å². The number of amides is 1. The van der Waals surface area contributed by atoms with Crippen LogP contribution in [-0.4, -0.2) is 41.7 Å². The number of amidine groups is 1. The molecule has 0 atom stereocenters. The van der Waals surface area contributed by atoms with Crippen molar-refractivity contribution in [3.63, 3.8) is 0 Å². The topological polar surface area (TPSA) is 64.0 Å². The average molecular weight is 390 g/mol. The maximum Gasteiger partial charge on any atom is 0.266 e. The molecule has 0 N–H and O–H groups in total. The molecule has 1 aliphatic heterocycles. The minimum atomic E-state index is -0.0562. The molecule has 1 aromatic heterocycles. The molecule has 0 spiro atoms. The van der Waals surface area contributed by atoms with Gasteiger partial charge in [0.1, 0.15) is 0 Å². The molecule has 0 aliphatic carbocycles. The van der Waals surface area contributed by atoms with Gasteiger partial charge >= 0.3 is 0 Å². The van der Waals surface area contributed by atoms with Gasteiger partial charge in [0, 0.05) is 11.9 Å². The molecule has 1 amide bonds. The predicted molar refractivity (Wildman–Crippen MR) is 106 cm³/mol. The molecule has 3 rings (SSSR count). The van der Waals surface area contributed by atoms with Gasteiger partial charge in [0.15, 0.2) is 16.7 Å². The third-order valence-electron chi connectivity index (χ3n) is 3.71. The SMILES string of the molecule is CCN1C(=O)/C(=C/c2ccc(OC)c(OC)c2)S/C1=N/c1nc(C)cs1. The number of rotatable bonds is 5. The van der Waals surface area contributed by atoms with E-state index in [1.165, 1.54) is 23.1 Å². The number of nitrogens with zero attached hydrogens (tertiary/aromatic N) is 3. The summed E-state index contributed by atoms with van der Waals surface area (Å²) < 4.78 is 10.6. The number of hydrogen-bond acceptors (Lipinski definition) is 7. The fourth-order valence-electron chi connectivity index (χ4n) is 2.44. The van der Waals surface area contributed by atoms with E-state index >= 15 is 0 Å². The number of thioether (sulfide) groups is 1. The first-order valence-electron chi connectivity index (χ1n) is 8.00. The Kier molecular flexibility index (Phi) is 5.63. The number of benzene rings is 1. The van der Waals surface area contributed by atoms with Crippen LogP contribution in [0.25, 0.3) is 6.08 Å². The largest absolute Gasteiger partial charge is 0.493 e. The molecule has 0 bridgehead atoms. The van der Waals surface area contributed by atoms with E-state index < -0.39 is 0 Å². The molecule has 1 saturated heterocycles. The molecular weight excluding hydrogens is 370 g/mol. The Morgan fingerprint density at radius 3 is 2.65 bits per heavy atom. The molecule has 8 heteroatoms. The molecule has 6 nitrogen and oxygen atoms in total. The van der Waals surface area contributed by atoms with Gasteiger partial charge in [-0.15, -0.1) is 11.3 Å². The minimum Gasteiger partial charge on any atom is -0.493 e. The molecule has 1 aromatic carbocycles. The second kappa shape index (κ2) is 7.92. The summed E-state index contributed by atoms with van der Waals surface area (Å²) in [7, 11) is 3.18. The van der Waals surface area contributed by atoms with Gasteiger partial charge in [-0.1, -0.05) is 6.07 Å². The lowest BCUT2D eigenvalue weighted by atomic mass is 10.2. The van der Waals surface area contributed by atoms with E-state index in [4.69, 9.17) is 9.47 Å². The van der Waals surface area contributed by atoms with Gasteiger partial charge in [0.05, 0.1) is 24.8 Å². The first-order valence-corrected chi connectivity index (χ1v) is 9.69. The summed E-state index contributed by atoms with van der Waals surface area (Å²) in [5, 5.41) is 3.25. The highest BCUT2D eigenvalue weighted by Gasteiger charge is 2.32. The molecular formula is C18H19N3O3S2. The number of likely N-dealkylation sites (N-methyl/N-ethyl adjacent to an activating group) is 1. The van der Waals surface area contributed by atoms with Crippen molar-refractivity contribution in [3.05, 3.63) is 39.7 Å². The number of thiazole rings is 1. The summed E-state index contributed by atoms with van der Waals surface area (Å²) in [4.78, 5) is 23.9. The van der Waals surface area contributed by atoms with E-state index in [0.717, 1.165) is 11.3 Å². The van der Waals surface area contributed by atoms with Crippen LogP contribution in [-0.2, 0) is 4.79 Å². The maximum atomic E-state index is 12.7. The van der Waals surface area contributed by atoms with Crippen molar-refractivity contribution in [1.29, 1.82) is 0 Å². The van der Waals surface area contributed by atoms with Crippen LogP contribution in [0.2, 0.25) is 0 Å². The van der Waals surface area contributed by atoms with Crippen LogP contribution >= 0.6 is 23.1 Å². The molecule has 1 aliphatic rings. The summed E-state index contributed by atoms with van der Waals surface area (Å²) in [6.45, 7) is 4.41. The molecule has 0 saturated carbocycles. The minimum absolute atomic E-state index is 0.0562. The quantitative estimate of drug-likeness (QED) is 0.721. The smallest absolute Gasteiger partial charge is 0.266 e. The maximum absolute atomic E-state index is 12.7. The zero-order chi connectivity index (χ0) is 18.7. The van der Waals surface area contributed by atoms with Crippen LogP contribution in [0, 0.1) is 6.92 Å². The van der Waals surface area contributed by atoms with Crippen LogP contribution in [0.3, 0.4) is 0 Å². The Bertz CT molecular complexity index is 890. The van der Waals surface area contributed by atoms with Crippen molar-refractivity contribution >= 4 is 45.4 Å². The van der Waals surface area contributed by atoms with Crippen molar-refractivity contribution in [2.75, 3.05) is 20.8 Å². The van der Waals surface area contributed by atoms with E-state index in [2.05, 4.69) is 9.98 Å². The van der Waals surface area contributed by atoms with E-state index in [1.54, 1.807) is 19.1 Å². The number of carbonyl (C=O) groups excluding carboxylic acids is 1. The van der Waals surface area contributed by atoms with Gasteiger partial charge in [-0.3, -0.25) is 9.69 Å². The van der Waals surface area contributed by atoms with Gasteiger partial charge in [0.25, 0.3) is 5.91 Å². The van der Waals surface area contributed by atoms with Crippen LogP contribution in [0.15, 0.2) is 33.5 Å². The van der Waals surface area contributed by atoms with Crippen LogP contribution < -0.4 is 9.47 Å². The molecule has 2 heterocycles. The number of hydrogen-bond donors (Lipinski definition) is 0. The Labute approximate surface area is 160 Å². The highest BCUT2D eigenvalue weighted by atomic mass is 32.2. The Morgan fingerprint density at radius 2 is 2.04 bits per heavy atom. The second-order valence-electron chi connectivity index (χ2n) is 5.44. The average Bonchev–Trinajstić information content (AvgIpc) is 3.18. The summed E-state index contributed by atoms with van der Waals surface area (Å²) in [6.07, 6.45) is 1.84. The van der Waals surface area contributed by atoms with Gasteiger partial charge in [-0.05, 0) is 49.4 Å². The lowest BCUT2D eigenvalue weighted by Crippen LogP contribution is -2.28. The number of aromatic nitrogens is 1. The fraction of sp³-hybridized carbons (Fsp3) is 0.278. The summed E-state index contributed by atoms with van der Waals surface area (Å²) in [5.41, 5.74) is 1.79. The molecule has 0 unspecified atom stereocenters. The summed E-state index contributed by atoms with van der Waals surface area (Å²) in [5.74, 6) is 1.22. The predicted octanol–water partition coefficient (Wildman–Crippen LogP) is 4.09. The highest BCUT2D eigenvalue weighted by molar-refractivity contribution is 8.18. The van der Waals surface area contributed by atoms with Crippen LogP contribution in [0.4, 0.5) is 5.13 Å². The van der Waals surface area contributed by atoms with E-state index in [9.17, 15) is 4.79 Å². The highest BCUT2D eigenvalue weighted by Crippen LogP contribution is 2.36. The third kappa shape index (κ3) is 3.76. The molecule has 26 heavy (non-hydrogen) atoms. The molecule has 2 aromatic rings. The fourth-order valence-corrected chi connectivity index (χ4v) is 4.20.